The molecule has 1 saturated heterocycles. The lowest BCUT2D eigenvalue weighted by molar-refractivity contribution is 0.165. The van der Waals surface area contributed by atoms with E-state index in [4.69, 9.17) is 17.3 Å². The van der Waals surface area contributed by atoms with Crippen LogP contribution in [0.15, 0.2) is 22.7 Å². The van der Waals surface area contributed by atoms with E-state index in [2.05, 4.69) is 40.7 Å². The lowest BCUT2D eigenvalue weighted by Gasteiger charge is -2.35. The highest BCUT2D eigenvalue weighted by Crippen LogP contribution is 2.35. The summed E-state index contributed by atoms with van der Waals surface area (Å²) in [6.45, 7) is 6.73. The van der Waals surface area contributed by atoms with Crippen LogP contribution >= 0.6 is 27.5 Å². The van der Waals surface area contributed by atoms with Crippen molar-refractivity contribution in [3.05, 3.63) is 33.3 Å². The van der Waals surface area contributed by atoms with Gasteiger partial charge >= 0.3 is 0 Å². The van der Waals surface area contributed by atoms with Crippen LogP contribution in [0.4, 0.5) is 0 Å². The molecule has 1 aromatic carbocycles. The SMILES string of the molecule is CC(C)CN1CCCCC(N)C1c1cc(Cl)ccc1Br. The van der Waals surface area contributed by atoms with Gasteiger partial charge in [0.25, 0.3) is 0 Å². The molecule has 1 fully saturated rings. The van der Waals surface area contributed by atoms with E-state index in [1.807, 2.05) is 12.1 Å². The summed E-state index contributed by atoms with van der Waals surface area (Å²) in [7, 11) is 0. The highest BCUT2D eigenvalue weighted by molar-refractivity contribution is 9.10. The Bertz CT molecular complexity index is 450. The molecular weight excluding hydrogens is 336 g/mol. The van der Waals surface area contributed by atoms with Crippen molar-refractivity contribution in [1.82, 2.24) is 4.90 Å². The summed E-state index contributed by atoms with van der Waals surface area (Å²) in [4.78, 5) is 2.54. The number of benzene rings is 1. The lowest BCUT2D eigenvalue weighted by atomic mass is 9.95. The third-order valence-corrected chi connectivity index (χ3v) is 4.87. The van der Waals surface area contributed by atoms with Crippen LogP contribution in [-0.2, 0) is 0 Å². The lowest BCUT2D eigenvalue weighted by Crippen LogP contribution is -2.41. The molecule has 2 unspecified atom stereocenters. The van der Waals surface area contributed by atoms with Gasteiger partial charge in [0, 0.05) is 22.1 Å². The smallest absolute Gasteiger partial charge is 0.0510 e. The van der Waals surface area contributed by atoms with E-state index in [9.17, 15) is 0 Å². The third kappa shape index (κ3) is 3.97. The Balaban J connectivity index is 2.36. The van der Waals surface area contributed by atoms with Crippen molar-refractivity contribution in [1.29, 1.82) is 0 Å². The molecule has 2 nitrogen and oxygen atoms in total. The molecule has 0 spiro atoms. The fourth-order valence-corrected chi connectivity index (χ4v) is 3.77. The first kappa shape index (κ1) is 16.3. The predicted octanol–water partition coefficient (Wildman–Crippen LogP) is 4.61. The maximum Gasteiger partial charge on any atom is 0.0510 e. The van der Waals surface area contributed by atoms with Crippen LogP contribution in [0.25, 0.3) is 0 Å². The number of hydrogen-bond donors (Lipinski definition) is 1. The third-order valence-electron chi connectivity index (χ3n) is 3.91. The van der Waals surface area contributed by atoms with Crippen LogP contribution in [0.2, 0.25) is 5.02 Å². The number of nitrogens with zero attached hydrogens (tertiary/aromatic N) is 1. The summed E-state index contributed by atoms with van der Waals surface area (Å²) in [5.74, 6) is 0.640. The monoisotopic (exact) mass is 358 g/mol. The fraction of sp³-hybridized carbons (Fsp3) is 0.625. The fourth-order valence-electron chi connectivity index (χ4n) is 3.11. The van der Waals surface area contributed by atoms with E-state index in [-0.39, 0.29) is 12.1 Å². The Morgan fingerprint density at radius 1 is 1.40 bits per heavy atom. The second kappa shape index (κ2) is 7.26. The number of rotatable bonds is 3. The largest absolute Gasteiger partial charge is 0.326 e. The highest BCUT2D eigenvalue weighted by Gasteiger charge is 2.30. The van der Waals surface area contributed by atoms with Crippen LogP contribution < -0.4 is 5.73 Å². The average molecular weight is 360 g/mol. The molecule has 0 radical (unpaired) electrons. The predicted molar refractivity (Wildman–Crippen MR) is 90.1 cm³/mol. The first-order valence-corrected chi connectivity index (χ1v) is 8.60. The van der Waals surface area contributed by atoms with Crippen LogP contribution in [-0.4, -0.2) is 24.0 Å². The summed E-state index contributed by atoms with van der Waals surface area (Å²) in [6, 6.07) is 6.45. The Kier molecular flexibility index (Phi) is 5.91. The van der Waals surface area contributed by atoms with Crippen molar-refractivity contribution in [2.24, 2.45) is 11.7 Å². The first-order valence-electron chi connectivity index (χ1n) is 7.43. The van der Waals surface area contributed by atoms with E-state index in [1.165, 1.54) is 18.4 Å². The number of hydrogen-bond acceptors (Lipinski definition) is 2. The number of halogens is 2. The average Bonchev–Trinajstić information content (AvgIpc) is 2.54. The Morgan fingerprint density at radius 2 is 2.15 bits per heavy atom. The minimum atomic E-state index is 0.172. The topological polar surface area (TPSA) is 29.3 Å². The van der Waals surface area contributed by atoms with Crippen molar-refractivity contribution in [2.75, 3.05) is 13.1 Å². The summed E-state index contributed by atoms with van der Waals surface area (Å²) in [5.41, 5.74) is 7.72. The summed E-state index contributed by atoms with van der Waals surface area (Å²) < 4.78 is 1.11. The van der Waals surface area contributed by atoms with Gasteiger partial charge in [0.15, 0.2) is 0 Å². The van der Waals surface area contributed by atoms with Crippen molar-refractivity contribution in [3.63, 3.8) is 0 Å². The minimum absolute atomic E-state index is 0.172. The highest BCUT2D eigenvalue weighted by atomic mass is 79.9. The molecular formula is C16H24BrClN2. The normalized spacial score (nSPS) is 24.9. The molecule has 2 atom stereocenters. The minimum Gasteiger partial charge on any atom is -0.326 e. The molecule has 2 N–H and O–H groups in total. The summed E-state index contributed by atoms with van der Waals surface area (Å²) in [5, 5.41) is 0.782. The van der Waals surface area contributed by atoms with E-state index >= 15 is 0 Å². The van der Waals surface area contributed by atoms with E-state index in [1.54, 1.807) is 0 Å². The molecule has 0 aliphatic carbocycles. The molecule has 20 heavy (non-hydrogen) atoms. The van der Waals surface area contributed by atoms with Gasteiger partial charge in [-0.2, -0.15) is 0 Å². The summed E-state index contributed by atoms with van der Waals surface area (Å²) in [6.07, 6.45) is 3.53. The standard InChI is InChI=1S/C16H24BrClN2/c1-11(2)10-20-8-4-3-5-15(19)16(20)13-9-12(18)6-7-14(13)17/h6-7,9,11,15-16H,3-5,8,10,19H2,1-2H3. The van der Waals surface area contributed by atoms with Gasteiger partial charge in [0.2, 0.25) is 0 Å². The second-order valence-electron chi connectivity index (χ2n) is 6.16. The molecule has 1 aliphatic heterocycles. The van der Waals surface area contributed by atoms with Crippen molar-refractivity contribution in [2.45, 2.75) is 45.2 Å². The number of likely N-dealkylation sites (tertiary alicyclic amines) is 1. The van der Waals surface area contributed by atoms with Gasteiger partial charge in [-0.15, -0.1) is 0 Å². The van der Waals surface area contributed by atoms with Crippen molar-refractivity contribution in [3.8, 4) is 0 Å². The summed E-state index contributed by atoms with van der Waals surface area (Å²) >= 11 is 9.87. The van der Waals surface area contributed by atoms with Crippen molar-refractivity contribution >= 4 is 27.5 Å². The Morgan fingerprint density at radius 3 is 2.85 bits per heavy atom. The zero-order valence-corrected chi connectivity index (χ0v) is 14.6. The molecule has 0 bridgehead atoms. The van der Waals surface area contributed by atoms with Gasteiger partial charge in [0.05, 0.1) is 6.04 Å². The van der Waals surface area contributed by atoms with Gasteiger partial charge in [-0.3, -0.25) is 4.90 Å². The van der Waals surface area contributed by atoms with Crippen LogP contribution in [0.1, 0.15) is 44.7 Å². The van der Waals surface area contributed by atoms with Gasteiger partial charge in [-0.25, -0.2) is 0 Å². The van der Waals surface area contributed by atoms with E-state index < -0.39 is 0 Å². The molecule has 1 aliphatic rings. The molecule has 0 saturated carbocycles. The van der Waals surface area contributed by atoms with Gasteiger partial charge in [-0.1, -0.05) is 47.8 Å². The molecule has 2 rings (SSSR count). The molecule has 1 aromatic rings. The maximum absolute atomic E-state index is 6.49. The maximum atomic E-state index is 6.49. The number of nitrogens with two attached hydrogens (primary N) is 1. The van der Waals surface area contributed by atoms with Crippen LogP contribution in [0.3, 0.4) is 0 Å². The quantitative estimate of drug-likeness (QED) is 0.853. The van der Waals surface area contributed by atoms with Gasteiger partial charge < -0.3 is 5.73 Å². The molecule has 0 amide bonds. The zero-order valence-electron chi connectivity index (χ0n) is 12.3. The van der Waals surface area contributed by atoms with Crippen LogP contribution in [0, 0.1) is 5.92 Å². The Hall–Kier alpha value is -0.0900. The van der Waals surface area contributed by atoms with Gasteiger partial charge in [0.1, 0.15) is 0 Å². The zero-order chi connectivity index (χ0) is 14.7. The second-order valence-corrected chi connectivity index (χ2v) is 7.45. The Labute approximate surface area is 135 Å². The molecule has 112 valence electrons. The van der Waals surface area contributed by atoms with Gasteiger partial charge in [-0.05, 0) is 49.1 Å². The molecule has 1 heterocycles. The van der Waals surface area contributed by atoms with E-state index in [0.717, 1.165) is 29.0 Å². The molecule has 4 heteroatoms. The van der Waals surface area contributed by atoms with Crippen molar-refractivity contribution < 1.29 is 0 Å². The van der Waals surface area contributed by atoms with Crippen LogP contribution in [0.5, 0.6) is 0 Å². The molecule has 0 aromatic heterocycles. The van der Waals surface area contributed by atoms with E-state index in [0.29, 0.717) is 5.92 Å². The first-order chi connectivity index (χ1) is 9.49.